The van der Waals surface area contributed by atoms with Crippen molar-refractivity contribution in [2.45, 2.75) is 39.5 Å². The van der Waals surface area contributed by atoms with E-state index < -0.39 is 0 Å². The summed E-state index contributed by atoms with van der Waals surface area (Å²) in [5.41, 5.74) is 2.06. The second-order valence-corrected chi connectivity index (χ2v) is 4.77. The average molecular weight is 273 g/mol. The number of aromatic amines is 2. The van der Waals surface area contributed by atoms with Gasteiger partial charge in [0, 0.05) is 11.9 Å². The molecule has 0 aromatic carbocycles. The molecular weight excluding hydrogens is 254 g/mol. The van der Waals surface area contributed by atoms with Gasteiger partial charge in [-0.2, -0.15) is 0 Å². The first-order valence-corrected chi connectivity index (χ1v) is 6.96. The highest BCUT2D eigenvalue weighted by Gasteiger charge is 2.17. The highest BCUT2D eigenvalue weighted by Crippen LogP contribution is 2.10. The molecular formula is C15H19N3O2. The van der Waals surface area contributed by atoms with Crippen LogP contribution in [0.4, 0.5) is 0 Å². The molecule has 0 aliphatic carbocycles. The van der Waals surface area contributed by atoms with Gasteiger partial charge in [0.1, 0.15) is 11.4 Å². The highest BCUT2D eigenvalue weighted by atomic mass is 16.1. The van der Waals surface area contributed by atoms with E-state index >= 15 is 0 Å². The molecule has 0 spiro atoms. The minimum Gasteiger partial charge on any atom is -0.309 e. The molecule has 2 heterocycles. The van der Waals surface area contributed by atoms with E-state index in [0.717, 1.165) is 24.8 Å². The van der Waals surface area contributed by atoms with Crippen LogP contribution < -0.4 is 5.69 Å². The lowest BCUT2D eigenvalue weighted by Crippen LogP contribution is -2.09. The Morgan fingerprint density at radius 3 is 2.65 bits per heavy atom. The van der Waals surface area contributed by atoms with E-state index in [4.69, 9.17) is 0 Å². The van der Waals surface area contributed by atoms with Crippen molar-refractivity contribution in [1.29, 1.82) is 0 Å². The molecule has 0 unspecified atom stereocenters. The first kappa shape index (κ1) is 14.2. The number of aromatic nitrogens is 3. The second kappa shape index (κ2) is 6.32. The van der Waals surface area contributed by atoms with Gasteiger partial charge in [0.2, 0.25) is 5.78 Å². The zero-order chi connectivity index (χ0) is 14.5. The number of carbonyl (C=O) groups is 1. The molecule has 5 nitrogen and oxygen atoms in total. The Labute approximate surface area is 117 Å². The second-order valence-electron chi connectivity index (χ2n) is 4.77. The van der Waals surface area contributed by atoms with Crippen LogP contribution in [-0.2, 0) is 12.8 Å². The van der Waals surface area contributed by atoms with Gasteiger partial charge in [-0.15, -0.1) is 0 Å². The van der Waals surface area contributed by atoms with Crippen LogP contribution in [0.5, 0.6) is 0 Å². The van der Waals surface area contributed by atoms with Crippen molar-refractivity contribution in [1.82, 2.24) is 15.0 Å². The van der Waals surface area contributed by atoms with Gasteiger partial charge in [0.05, 0.1) is 0 Å². The van der Waals surface area contributed by atoms with Crippen LogP contribution in [0.15, 0.2) is 23.1 Å². The molecule has 0 aliphatic rings. The number of unbranched alkanes of at least 4 members (excludes halogenated alkanes) is 1. The maximum atomic E-state index is 12.3. The third-order valence-corrected chi connectivity index (χ3v) is 3.26. The fraction of sp³-hybridized carbons (Fsp3) is 0.400. The van der Waals surface area contributed by atoms with Gasteiger partial charge in [-0.25, -0.2) is 4.79 Å². The van der Waals surface area contributed by atoms with Gasteiger partial charge >= 0.3 is 5.69 Å². The summed E-state index contributed by atoms with van der Waals surface area (Å²) >= 11 is 0. The maximum absolute atomic E-state index is 12.3. The number of H-pyrrole nitrogens is 2. The third kappa shape index (κ3) is 3.04. The van der Waals surface area contributed by atoms with E-state index in [0.29, 0.717) is 23.5 Å². The van der Waals surface area contributed by atoms with Crippen molar-refractivity contribution in [2.75, 3.05) is 0 Å². The van der Waals surface area contributed by atoms with Crippen molar-refractivity contribution in [3.63, 3.8) is 0 Å². The van der Waals surface area contributed by atoms with Gasteiger partial charge in [0.15, 0.2) is 0 Å². The number of ketones is 1. The Bertz CT molecular complexity index is 638. The molecule has 2 aromatic heterocycles. The molecule has 20 heavy (non-hydrogen) atoms. The van der Waals surface area contributed by atoms with Crippen LogP contribution in [0, 0.1) is 0 Å². The fourth-order valence-corrected chi connectivity index (χ4v) is 2.09. The van der Waals surface area contributed by atoms with E-state index in [1.54, 1.807) is 12.3 Å². The van der Waals surface area contributed by atoms with E-state index in [1.165, 1.54) is 0 Å². The molecule has 0 radical (unpaired) electrons. The average Bonchev–Trinajstić information content (AvgIpc) is 2.86. The van der Waals surface area contributed by atoms with Gasteiger partial charge in [-0.3, -0.25) is 9.78 Å². The molecule has 0 fully saturated rings. The van der Waals surface area contributed by atoms with Gasteiger partial charge < -0.3 is 9.97 Å². The number of hydrogen-bond acceptors (Lipinski definition) is 3. The van der Waals surface area contributed by atoms with Crippen molar-refractivity contribution >= 4 is 5.78 Å². The predicted molar refractivity (Wildman–Crippen MR) is 77.1 cm³/mol. The van der Waals surface area contributed by atoms with Crippen molar-refractivity contribution in [3.05, 3.63) is 51.5 Å². The van der Waals surface area contributed by atoms with Crippen LogP contribution in [0.3, 0.4) is 0 Å². The van der Waals surface area contributed by atoms with Crippen LogP contribution in [0.1, 0.15) is 54.1 Å². The molecule has 0 saturated carbocycles. The van der Waals surface area contributed by atoms with Crippen LogP contribution in [0.2, 0.25) is 0 Å². The Morgan fingerprint density at radius 2 is 2.05 bits per heavy atom. The zero-order valence-electron chi connectivity index (χ0n) is 11.8. The summed E-state index contributed by atoms with van der Waals surface area (Å²) in [4.78, 5) is 33.0. The molecule has 2 rings (SSSR count). The van der Waals surface area contributed by atoms with E-state index in [9.17, 15) is 9.59 Å². The van der Waals surface area contributed by atoms with E-state index in [1.807, 2.05) is 13.0 Å². The summed E-state index contributed by atoms with van der Waals surface area (Å²) in [6.07, 6.45) is 5.54. The first-order valence-electron chi connectivity index (χ1n) is 6.96. The SMILES string of the molecule is CCCCc1ccc(C(=O)c2[nH]c(=O)[nH]c2CC)nc1. The lowest BCUT2D eigenvalue weighted by molar-refractivity contribution is 0.102. The van der Waals surface area contributed by atoms with E-state index in [-0.39, 0.29) is 11.5 Å². The monoisotopic (exact) mass is 273 g/mol. The highest BCUT2D eigenvalue weighted by molar-refractivity contribution is 6.07. The molecule has 0 saturated heterocycles. The summed E-state index contributed by atoms with van der Waals surface area (Å²) in [5, 5.41) is 0. The van der Waals surface area contributed by atoms with Crippen molar-refractivity contribution in [2.24, 2.45) is 0 Å². The van der Waals surface area contributed by atoms with Gasteiger partial charge in [-0.05, 0) is 30.9 Å². The summed E-state index contributed by atoms with van der Waals surface area (Å²) in [6.45, 7) is 4.02. The Balaban J connectivity index is 2.22. The summed E-state index contributed by atoms with van der Waals surface area (Å²) in [6, 6.07) is 3.64. The summed E-state index contributed by atoms with van der Waals surface area (Å²) in [7, 11) is 0. The van der Waals surface area contributed by atoms with Gasteiger partial charge in [0.25, 0.3) is 0 Å². The Hall–Kier alpha value is -2.17. The molecule has 106 valence electrons. The quantitative estimate of drug-likeness (QED) is 0.792. The molecule has 0 amide bonds. The number of aryl methyl sites for hydroxylation is 2. The normalized spacial score (nSPS) is 10.7. The van der Waals surface area contributed by atoms with Crippen molar-refractivity contribution < 1.29 is 4.79 Å². The number of pyridine rings is 1. The lowest BCUT2D eigenvalue weighted by atomic mass is 10.1. The van der Waals surface area contributed by atoms with Crippen LogP contribution >= 0.6 is 0 Å². The molecule has 0 atom stereocenters. The largest absolute Gasteiger partial charge is 0.323 e. The molecule has 5 heteroatoms. The topological polar surface area (TPSA) is 78.6 Å². The lowest BCUT2D eigenvalue weighted by Gasteiger charge is -2.02. The Morgan fingerprint density at radius 1 is 1.25 bits per heavy atom. The molecule has 2 N–H and O–H groups in total. The number of carbonyl (C=O) groups excluding carboxylic acids is 1. The minimum absolute atomic E-state index is 0.248. The van der Waals surface area contributed by atoms with E-state index in [2.05, 4.69) is 21.9 Å². The first-order chi connectivity index (χ1) is 9.65. The maximum Gasteiger partial charge on any atom is 0.323 e. The number of imidazole rings is 1. The minimum atomic E-state index is -0.357. The molecule has 2 aromatic rings. The van der Waals surface area contributed by atoms with Gasteiger partial charge in [-0.1, -0.05) is 26.3 Å². The Kier molecular flexibility index (Phi) is 4.50. The zero-order valence-corrected chi connectivity index (χ0v) is 11.8. The molecule has 0 bridgehead atoms. The number of nitrogens with zero attached hydrogens (tertiary/aromatic N) is 1. The summed E-state index contributed by atoms with van der Waals surface area (Å²) < 4.78 is 0. The predicted octanol–water partition coefficient (Wildman–Crippen LogP) is 2.23. The third-order valence-electron chi connectivity index (χ3n) is 3.26. The van der Waals surface area contributed by atoms with Crippen LogP contribution in [0.25, 0.3) is 0 Å². The number of nitrogens with one attached hydrogen (secondary N) is 2. The van der Waals surface area contributed by atoms with Crippen molar-refractivity contribution in [3.8, 4) is 0 Å². The smallest absolute Gasteiger partial charge is 0.309 e. The fourth-order valence-electron chi connectivity index (χ4n) is 2.09. The molecule has 0 aliphatic heterocycles. The summed E-state index contributed by atoms with van der Waals surface area (Å²) in [5.74, 6) is -0.248. The van der Waals surface area contributed by atoms with Crippen LogP contribution in [-0.4, -0.2) is 20.7 Å². The number of rotatable bonds is 6. The number of hydrogen-bond donors (Lipinski definition) is 2. The standard InChI is InChI=1S/C15H19N3O2/c1-3-5-6-10-7-8-12(16-9-10)14(19)13-11(4-2)17-15(20)18-13/h7-9H,3-6H2,1-2H3,(H2,17,18,20).